The number of thiophene rings is 1. The Labute approximate surface area is 157 Å². The Bertz CT molecular complexity index is 1020. The molecule has 1 aliphatic heterocycles. The lowest BCUT2D eigenvalue weighted by Crippen LogP contribution is -2.54. The highest BCUT2D eigenvalue weighted by atomic mass is 32.1. The second-order valence-corrected chi connectivity index (χ2v) is 7.08. The van der Waals surface area contributed by atoms with E-state index in [1.165, 1.54) is 17.5 Å². The molecule has 3 aromatic rings. The molecule has 0 saturated carbocycles. The monoisotopic (exact) mass is 385 g/mol. The largest absolute Gasteiger partial charge is 0.348 e. The van der Waals surface area contributed by atoms with Gasteiger partial charge < -0.3 is 15.2 Å². The van der Waals surface area contributed by atoms with E-state index in [4.69, 9.17) is 0 Å². The molecule has 4 amide bonds. The number of nitrogens with one attached hydrogen (secondary N) is 4. The minimum atomic E-state index is -1.46. The molecule has 138 valence electrons. The number of aromatic nitrogens is 4. The number of imide groups is 1. The van der Waals surface area contributed by atoms with Gasteiger partial charge in [0.1, 0.15) is 5.82 Å². The topological polar surface area (TPSA) is 134 Å². The third-order valence-corrected chi connectivity index (χ3v) is 5.37. The van der Waals surface area contributed by atoms with Crippen molar-refractivity contribution in [2.75, 3.05) is 6.54 Å². The molecule has 1 saturated heterocycles. The SMILES string of the molecule is Cn1ccnc1[C@@]1(CNC(=O)c2ccc(-c3ccn[nH]3)s2)NC(=O)NC1=O. The van der Waals surface area contributed by atoms with Gasteiger partial charge in [0.05, 0.1) is 22.0 Å². The van der Waals surface area contributed by atoms with Gasteiger partial charge in [-0.2, -0.15) is 5.10 Å². The summed E-state index contributed by atoms with van der Waals surface area (Å²) in [5.74, 6) is -0.588. The van der Waals surface area contributed by atoms with Gasteiger partial charge in [0, 0.05) is 25.6 Å². The Balaban J connectivity index is 1.55. The van der Waals surface area contributed by atoms with Crippen molar-refractivity contribution in [2.45, 2.75) is 5.54 Å². The molecule has 27 heavy (non-hydrogen) atoms. The average Bonchev–Trinajstić information content (AvgIpc) is 3.40. The van der Waals surface area contributed by atoms with E-state index in [1.807, 2.05) is 12.1 Å². The van der Waals surface area contributed by atoms with Gasteiger partial charge in [0.2, 0.25) is 0 Å². The maximum atomic E-state index is 12.6. The van der Waals surface area contributed by atoms with Crippen LogP contribution in [-0.2, 0) is 17.4 Å². The normalized spacial score (nSPS) is 19.0. The number of hydrogen-bond donors (Lipinski definition) is 4. The standard InChI is InChI=1S/C16H15N7O3S/c1-23-7-6-17-13(23)16(14(25)20-15(26)21-16)8-18-12(24)11-3-2-10(27-11)9-4-5-19-22-9/h2-7H,8H2,1H3,(H,18,24)(H,19,22)(H2,20,21,25,26)/t16-/m1/s1. The van der Waals surface area contributed by atoms with E-state index in [1.54, 1.807) is 30.1 Å². The second kappa shape index (κ2) is 6.36. The second-order valence-electron chi connectivity index (χ2n) is 5.99. The summed E-state index contributed by atoms with van der Waals surface area (Å²) in [5, 5.41) is 14.2. The quantitative estimate of drug-likeness (QED) is 0.470. The van der Waals surface area contributed by atoms with Crippen LogP contribution >= 0.6 is 11.3 Å². The summed E-state index contributed by atoms with van der Waals surface area (Å²) in [6, 6.07) is 4.68. The molecule has 10 nitrogen and oxygen atoms in total. The highest BCUT2D eigenvalue weighted by Gasteiger charge is 2.50. The molecular weight excluding hydrogens is 370 g/mol. The number of urea groups is 1. The summed E-state index contributed by atoms with van der Waals surface area (Å²) in [6.07, 6.45) is 4.81. The molecule has 4 heterocycles. The van der Waals surface area contributed by atoms with Crippen molar-refractivity contribution in [3.63, 3.8) is 0 Å². The van der Waals surface area contributed by atoms with E-state index in [9.17, 15) is 14.4 Å². The summed E-state index contributed by atoms with van der Waals surface area (Å²) in [4.78, 5) is 42.3. The molecular formula is C16H15N7O3S. The third-order valence-electron chi connectivity index (χ3n) is 4.25. The highest BCUT2D eigenvalue weighted by Crippen LogP contribution is 2.27. The van der Waals surface area contributed by atoms with Crippen molar-refractivity contribution in [3.8, 4) is 10.6 Å². The van der Waals surface area contributed by atoms with E-state index >= 15 is 0 Å². The first kappa shape index (κ1) is 17.0. The van der Waals surface area contributed by atoms with Crippen LogP contribution in [0.25, 0.3) is 10.6 Å². The molecule has 0 unspecified atom stereocenters. The Kier molecular flexibility index (Phi) is 4.00. The molecule has 3 aromatic heterocycles. The number of carbonyl (C=O) groups is 3. The first-order valence-electron chi connectivity index (χ1n) is 7.99. The number of H-pyrrole nitrogens is 1. The number of aryl methyl sites for hydroxylation is 1. The number of hydrogen-bond acceptors (Lipinski definition) is 6. The van der Waals surface area contributed by atoms with Gasteiger partial charge in [-0.3, -0.25) is 20.0 Å². The number of aromatic amines is 1. The fourth-order valence-corrected chi connectivity index (χ4v) is 3.82. The van der Waals surface area contributed by atoms with Crippen molar-refractivity contribution in [3.05, 3.63) is 47.5 Å². The van der Waals surface area contributed by atoms with E-state index in [-0.39, 0.29) is 12.5 Å². The predicted octanol–water partition coefficient (Wildman–Crippen LogP) is 0.336. The Morgan fingerprint density at radius 2 is 2.15 bits per heavy atom. The molecule has 0 aliphatic carbocycles. The van der Waals surface area contributed by atoms with Crippen LogP contribution in [-0.4, -0.2) is 44.1 Å². The molecule has 0 radical (unpaired) electrons. The van der Waals surface area contributed by atoms with Gasteiger partial charge in [0.25, 0.3) is 11.8 Å². The Morgan fingerprint density at radius 3 is 2.78 bits per heavy atom. The van der Waals surface area contributed by atoms with E-state index in [2.05, 4.69) is 31.1 Å². The average molecular weight is 385 g/mol. The molecule has 11 heteroatoms. The Hall–Kier alpha value is -3.47. The van der Waals surface area contributed by atoms with E-state index < -0.39 is 17.5 Å². The van der Waals surface area contributed by atoms with Gasteiger partial charge in [-0.1, -0.05) is 0 Å². The predicted molar refractivity (Wildman–Crippen MR) is 95.8 cm³/mol. The molecule has 4 rings (SSSR count). The minimum absolute atomic E-state index is 0.133. The molecule has 0 bridgehead atoms. The van der Waals surface area contributed by atoms with Gasteiger partial charge >= 0.3 is 6.03 Å². The molecule has 1 aliphatic rings. The Morgan fingerprint density at radius 1 is 1.30 bits per heavy atom. The lowest BCUT2D eigenvalue weighted by molar-refractivity contribution is -0.124. The van der Waals surface area contributed by atoms with Gasteiger partial charge in [0.15, 0.2) is 5.54 Å². The van der Waals surface area contributed by atoms with Crippen LogP contribution in [0.4, 0.5) is 4.79 Å². The zero-order valence-corrected chi connectivity index (χ0v) is 15.0. The summed E-state index contributed by atoms with van der Waals surface area (Å²) < 4.78 is 1.62. The minimum Gasteiger partial charge on any atom is -0.348 e. The van der Waals surface area contributed by atoms with Crippen molar-refractivity contribution in [2.24, 2.45) is 7.05 Å². The van der Waals surface area contributed by atoms with Gasteiger partial charge in [-0.25, -0.2) is 9.78 Å². The van der Waals surface area contributed by atoms with Crippen LogP contribution in [0, 0.1) is 0 Å². The smallest absolute Gasteiger partial charge is 0.322 e. The summed E-state index contributed by atoms with van der Waals surface area (Å²) >= 11 is 1.29. The lowest BCUT2D eigenvalue weighted by Gasteiger charge is -2.25. The van der Waals surface area contributed by atoms with Crippen LogP contribution in [0.5, 0.6) is 0 Å². The third kappa shape index (κ3) is 2.87. The number of nitrogens with zero attached hydrogens (tertiary/aromatic N) is 3. The molecule has 0 spiro atoms. The number of rotatable bonds is 5. The maximum absolute atomic E-state index is 12.6. The molecule has 4 N–H and O–H groups in total. The highest BCUT2D eigenvalue weighted by molar-refractivity contribution is 7.17. The van der Waals surface area contributed by atoms with Gasteiger partial charge in [-0.15, -0.1) is 11.3 Å². The van der Waals surface area contributed by atoms with Crippen molar-refractivity contribution in [1.82, 2.24) is 35.7 Å². The fourth-order valence-electron chi connectivity index (χ4n) is 2.93. The first-order chi connectivity index (χ1) is 13.0. The van der Waals surface area contributed by atoms with Crippen molar-refractivity contribution < 1.29 is 14.4 Å². The molecule has 1 atom stereocenters. The molecule has 0 aromatic carbocycles. The van der Waals surface area contributed by atoms with Crippen molar-refractivity contribution >= 4 is 29.2 Å². The van der Waals surface area contributed by atoms with Crippen LogP contribution in [0.2, 0.25) is 0 Å². The maximum Gasteiger partial charge on any atom is 0.322 e. The van der Waals surface area contributed by atoms with E-state index in [0.717, 1.165) is 10.6 Å². The fraction of sp³-hybridized carbons (Fsp3) is 0.188. The zero-order chi connectivity index (χ0) is 19.0. The summed E-state index contributed by atoms with van der Waals surface area (Å²) in [7, 11) is 1.71. The van der Waals surface area contributed by atoms with E-state index in [0.29, 0.717) is 10.7 Å². The first-order valence-corrected chi connectivity index (χ1v) is 8.80. The number of amides is 4. The lowest BCUT2D eigenvalue weighted by atomic mass is 9.98. The zero-order valence-electron chi connectivity index (χ0n) is 14.1. The number of carbonyl (C=O) groups excluding carboxylic acids is 3. The molecule has 1 fully saturated rings. The van der Waals surface area contributed by atoms with Crippen LogP contribution in [0.15, 0.2) is 36.8 Å². The summed E-state index contributed by atoms with van der Waals surface area (Å²) in [5.41, 5.74) is -0.653. The van der Waals surface area contributed by atoms with Crippen LogP contribution in [0.3, 0.4) is 0 Å². The number of imidazole rings is 1. The van der Waals surface area contributed by atoms with Gasteiger partial charge in [-0.05, 0) is 18.2 Å². The van der Waals surface area contributed by atoms with Crippen LogP contribution in [0.1, 0.15) is 15.5 Å². The van der Waals surface area contributed by atoms with Crippen LogP contribution < -0.4 is 16.0 Å². The van der Waals surface area contributed by atoms with Crippen molar-refractivity contribution in [1.29, 1.82) is 0 Å². The summed E-state index contributed by atoms with van der Waals surface area (Å²) in [6.45, 7) is -0.133.